The number of hydrogen-bond acceptors (Lipinski definition) is 3. The fraction of sp³-hybridized carbons (Fsp3) is 0.150. The van der Waals surface area contributed by atoms with Crippen molar-refractivity contribution < 1.29 is 18.4 Å². The first kappa shape index (κ1) is 17.8. The van der Waals surface area contributed by atoms with Gasteiger partial charge in [0.05, 0.1) is 11.2 Å². The molecule has 2 aromatic carbocycles. The summed E-state index contributed by atoms with van der Waals surface area (Å²) in [6.45, 7) is 0.439. The number of nitrogens with one attached hydrogen (secondary N) is 1. The molecule has 28 heavy (non-hydrogen) atoms. The van der Waals surface area contributed by atoms with E-state index in [2.05, 4.69) is 10.3 Å². The monoisotopic (exact) mass is 382 g/mol. The predicted molar refractivity (Wildman–Crippen MR) is 101 cm³/mol. The zero-order valence-corrected chi connectivity index (χ0v) is 14.7. The van der Waals surface area contributed by atoms with E-state index in [0.717, 1.165) is 17.5 Å². The molecular formula is C20H16F2N4O2. The highest BCUT2D eigenvalue weighted by molar-refractivity contribution is 6.03. The third-order valence-corrected chi connectivity index (χ3v) is 4.55. The smallest absolute Gasteiger partial charge is 0.323 e. The molecule has 1 aromatic heterocycles. The Balaban J connectivity index is 1.45. The standard InChI is InChI=1S/C20H16F2N4O2/c21-15-7-6-14(11-16(15)22)26-10-9-25(20(26)28)12-18(27)24-17-5-1-3-13-4-2-8-23-19(13)17/h1-8,11H,9-10,12H2,(H,24,27). The van der Waals surface area contributed by atoms with E-state index in [1.54, 1.807) is 12.3 Å². The Morgan fingerprint density at radius 2 is 1.89 bits per heavy atom. The number of amides is 3. The summed E-state index contributed by atoms with van der Waals surface area (Å²) in [6.07, 6.45) is 1.64. The third kappa shape index (κ3) is 3.36. The van der Waals surface area contributed by atoms with Crippen molar-refractivity contribution in [1.82, 2.24) is 9.88 Å². The number of carbonyl (C=O) groups is 2. The summed E-state index contributed by atoms with van der Waals surface area (Å²) in [4.78, 5) is 31.9. The molecule has 3 aromatic rings. The van der Waals surface area contributed by atoms with E-state index in [4.69, 9.17) is 0 Å². The van der Waals surface area contributed by atoms with Gasteiger partial charge < -0.3 is 10.2 Å². The van der Waals surface area contributed by atoms with Crippen LogP contribution in [-0.2, 0) is 4.79 Å². The molecule has 0 spiro atoms. The number of anilines is 2. The molecule has 142 valence electrons. The molecule has 3 amide bonds. The van der Waals surface area contributed by atoms with Gasteiger partial charge in [-0.05, 0) is 24.3 Å². The van der Waals surface area contributed by atoms with E-state index >= 15 is 0 Å². The van der Waals surface area contributed by atoms with Gasteiger partial charge in [0, 0.05) is 36.4 Å². The number of rotatable bonds is 4. The van der Waals surface area contributed by atoms with Gasteiger partial charge in [-0.25, -0.2) is 13.6 Å². The maximum absolute atomic E-state index is 13.4. The number of hydrogen-bond donors (Lipinski definition) is 1. The van der Waals surface area contributed by atoms with Gasteiger partial charge >= 0.3 is 6.03 Å². The van der Waals surface area contributed by atoms with Crippen molar-refractivity contribution in [3.63, 3.8) is 0 Å². The van der Waals surface area contributed by atoms with Crippen molar-refractivity contribution in [3.8, 4) is 0 Å². The Bertz CT molecular complexity index is 1070. The average Bonchev–Trinajstić information content (AvgIpc) is 3.04. The molecule has 6 nitrogen and oxygen atoms in total. The normalized spacial score (nSPS) is 14.0. The van der Waals surface area contributed by atoms with Crippen LogP contribution in [0.4, 0.5) is 25.0 Å². The number of aromatic nitrogens is 1. The molecule has 0 atom stereocenters. The number of carbonyl (C=O) groups excluding carboxylic acids is 2. The van der Waals surface area contributed by atoms with Crippen molar-refractivity contribution in [2.24, 2.45) is 0 Å². The molecule has 2 heterocycles. The van der Waals surface area contributed by atoms with E-state index < -0.39 is 17.7 Å². The summed E-state index contributed by atoms with van der Waals surface area (Å²) < 4.78 is 26.5. The number of urea groups is 1. The first-order valence-corrected chi connectivity index (χ1v) is 8.68. The predicted octanol–water partition coefficient (Wildman–Crippen LogP) is 3.39. The minimum Gasteiger partial charge on any atom is -0.323 e. The summed E-state index contributed by atoms with van der Waals surface area (Å²) in [5.41, 5.74) is 1.48. The SMILES string of the molecule is O=C(CN1CCN(c2ccc(F)c(F)c2)C1=O)Nc1cccc2cccnc12. The molecule has 0 bridgehead atoms. The second-order valence-corrected chi connectivity index (χ2v) is 6.38. The number of para-hydroxylation sites is 1. The lowest BCUT2D eigenvalue weighted by Crippen LogP contribution is -2.37. The largest absolute Gasteiger partial charge is 0.325 e. The number of fused-ring (bicyclic) bond motifs is 1. The van der Waals surface area contributed by atoms with Crippen LogP contribution >= 0.6 is 0 Å². The highest BCUT2D eigenvalue weighted by Crippen LogP contribution is 2.23. The minimum atomic E-state index is -1.02. The molecule has 1 fully saturated rings. The second-order valence-electron chi connectivity index (χ2n) is 6.38. The Morgan fingerprint density at radius 1 is 1.07 bits per heavy atom. The van der Waals surface area contributed by atoms with Crippen LogP contribution in [0.2, 0.25) is 0 Å². The number of benzene rings is 2. The molecule has 1 aliphatic heterocycles. The van der Waals surface area contributed by atoms with E-state index in [1.165, 1.54) is 15.9 Å². The van der Waals surface area contributed by atoms with Crippen LogP contribution in [0.1, 0.15) is 0 Å². The summed E-state index contributed by atoms with van der Waals surface area (Å²) in [5, 5.41) is 3.67. The van der Waals surface area contributed by atoms with Gasteiger partial charge in [0.25, 0.3) is 0 Å². The number of pyridine rings is 1. The molecule has 1 aliphatic rings. The van der Waals surface area contributed by atoms with Gasteiger partial charge in [-0.3, -0.25) is 14.7 Å². The Kier molecular flexibility index (Phi) is 4.60. The highest BCUT2D eigenvalue weighted by atomic mass is 19.2. The average molecular weight is 382 g/mol. The van der Waals surface area contributed by atoms with Crippen molar-refractivity contribution >= 4 is 34.2 Å². The van der Waals surface area contributed by atoms with Crippen LogP contribution in [0.25, 0.3) is 10.9 Å². The Morgan fingerprint density at radius 3 is 2.71 bits per heavy atom. The molecule has 0 aliphatic carbocycles. The van der Waals surface area contributed by atoms with Crippen LogP contribution in [-0.4, -0.2) is 41.5 Å². The van der Waals surface area contributed by atoms with Crippen LogP contribution in [0.3, 0.4) is 0 Å². The van der Waals surface area contributed by atoms with Gasteiger partial charge in [0.15, 0.2) is 11.6 Å². The van der Waals surface area contributed by atoms with Crippen LogP contribution < -0.4 is 10.2 Å². The second kappa shape index (κ2) is 7.22. The summed E-state index contributed by atoms with van der Waals surface area (Å²) in [5.74, 6) is -2.36. The molecule has 0 radical (unpaired) electrons. The lowest BCUT2D eigenvalue weighted by Gasteiger charge is -2.18. The summed E-state index contributed by atoms with van der Waals surface area (Å²) >= 11 is 0. The van der Waals surface area contributed by atoms with Crippen molar-refractivity contribution in [2.75, 3.05) is 29.9 Å². The maximum atomic E-state index is 13.4. The van der Waals surface area contributed by atoms with E-state index in [9.17, 15) is 18.4 Å². The Hall–Kier alpha value is -3.55. The van der Waals surface area contributed by atoms with E-state index in [1.807, 2.05) is 24.3 Å². The first-order valence-electron chi connectivity index (χ1n) is 8.68. The molecular weight excluding hydrogens is 366 g/mol. The van der Waals surface area contributed by atoms with Crippen molar-refractivity contribution in [3.05, 3.63) is 66.4 Å². The lowest BCUT2D eigenvalue weighted by molar-refractivity contribution is -0.116. The van der Waals surface area contributed by atoms with Crippen LogP contribution in [0.15, 0.2) is 54.7 Å². The fourth-order valence-corrected chi connectivity index (χ4v) is 3.19. The molecule has 4 rings (SSSR count). The summed E-state index contributed by atoms with van der Waals surface area (Å²) in [7, 11) is 0. The lowest BCUT2D eigenvalue weighted by atomic mass is 10.2. The molecule has 0 saturated carbocycles. The quantitative estimate of drug-likeness (QED) is 0.752. The zero-order valence-electron chi connectivity index (χ0n) is 14.7. The van der Waals surface area contributed by atoms with E-state index in [-0.39, 0.29) is 24.7 Å². The first-order chi connectivity index (χ1) is 13.5. The third-order valence-electron chi connectivity index (χ3n) is 4.55. The van der Waals surface area contributed by atoms with Crippen LogP contribution in [0.5, 0.6) is 0 Å². The van der Waals surface area contributed by atoms with E-state index in [0.29, 0.717) is 17.7 Å². The topological polar surface area (TPSA) is 65.5 Å². The molecule has 0 unspecified atom stereocenters. The Labute approximate surface area is 159 Å². The zero-order chi connectivity index (χ0) is 19.7. The fourth-order valence-electron chi connectivity index (χ4n) is 3.19. The molecule has 1 saturated heterocycles. The summed E-state index contributed by atoms with van der Waals surface area (Å²) in [6, 6.07) is 12.0. The minimum absolute atomic E-state index is 0.151. The number of nitrogens with zero attached hydrogens (tertiary/aromatic N) is 3. The number of halogens is 2. The maximum Gasteiger partial charge on any atom is 0.325 e. The molecule has 1 N–H and O–H groups in total. The molecule has 8 heteroatoms. The van der Waals surface area contributed by atoms with Gasteiger partial charge in [-0.15, -0.1) is 0 Å². The van der Waals surface area contributed by atoms with Gasteiger partial charge in [-0.1, -0.05) is 18.2 Å². The van der Waals surface area contributed by atoms with Crippen molar-refractivity contribution in [1.29, 1.82) is 0 Å². The van der Waals surface area contributed by atoms with Crippen molar-refractivity contribution in [2.45, 2.75) is 0 Å². The van der Waals surface area contributed by atoms with Gasteiger partial charge in [0.1, 0.15) is 6.54 Å². The highest BCUT2D eigenvalue weighted by Gasteiger charge is 2.31. The van der Waals surface area contributed by atoms with Gasteiger partial charge in [0.2, 0.25) is 5.91 Å². The van der Waals surface area contributed by atoms with Crippen LogP contribution in [0, 0.1) is 11.6 Å². The van der Waals surface area contributed by atoms with Gasteiger partial charge in [-0.2, -0.15) is 0 Å².